The quantitative estimate of drug-likeness (QED) is 0.916. The number of hydrogen-bond donors (Lipinski definition) is 1. The number of nitrogens with zero attached hydrogens (tertiary/aromatic N) is 3. The van der Waals surface area contributed by atoms with Crippen LogP contribution in [0, 0.1) is 5.92 Å². The first kappa shape index (κ1) is 17.0. The Morgan fingerprint density at radius 1 is 1.08 bits per heavy atom. The molecule has 1 aromatic heterocycles. The number of morpholine rings is 1. The molecule has 0 spiro atoms. The third kappa shape index (κ3) is 3.85. The van der Waals surface area contributed by atoms with Crippen LogP contribution >= 0.6 is 0 Å². The summed E-state index contributed by atoms with van der Waals surface area (Å²) in [4.78, 5) is 14.5. The number of rotatable bonds is 4. The van der Waals surface area contributed by atoms with Crippen molar-refractivity contribution in [2.45, 2.75) is 25.7 Å². The van der Waals surface area contributed by atoms with Gasteiger partial charge in [0.1, 0.15) is 0 Å². The molecule has 136 valence electrons. The van der Waals surface area contributed by atoms with Gasteiger partial charge < -0.3 is 15.0 Å². The van der Waals surface area contributed by atoms with Crippen LogP contribution in [0.4, 0.5) is 11.5 Å². The summed E-state index contributed by atoms with van der Waals surface area (Å²) >= 11 is 0. The van der Waals surface area contributed by atoms with Gasteiger partial charge in [-0.2, -0.15) is 0 Å². The summed E-state index contributed by atoms with van der Waals surface area (Å²) in [5, 5.41) is 11.8. The number of ether oxygens (including phenoxy) is 1. The first-order chi connectivity index (χ1) is 12.8. The van der Waals surface area contributed by atoms with Crippen molar-refractivity contribution in [3.63, 3.8) is 0 Å². The molecule has 1 saturated heterocycles. The standard InChI is InChI=1S/C20H24N4O2/c25-20(15-4-1-2-5-15)21-17-7-3-6-16(14-17)18-8-9-19(23-22-18)24-10-12-26-13-11-24/h3,6-9,14-15H,1-2,4-5,10-13H2,(H,21,25). The summed E-state index contributed by atoms with van der Waals surface area (Å²) in [5.74, 6) is 1.17. The van der Waals surface area contributed by atoms with Crippen molar-refractivity contribution in [2.24, 2.45) is 5.92 Å². The molecule has 1 amide bonds. The van der Waals surface area contributed by atoms with Crippen LogP contribution in [0.3, 0.4) is 0 Å². The lowest BCUT2D eigenvalue weighted by Gasteiger charge is -2.27. The van der Waals surface area contributed by atoms with Crippen LogP contribution in [-0.4, -0.2) is 42.4 Å². The van der Waals surface area contributed by atoms with Crippen molar-refractivity contribution in [1.29, 1.82) is 0 Å². The monoisotopic (exact) mass is 352 g/mol. The van der Waals surface area contributed by atoms with E-state index in [1.165, 1.54) is 0 Å². The van der Waals surface area contributed by atoms with Crippen LogP contribution < -0.4 is 10.2 Å². The molecule has 1 N–H and O–H groups in total. The predicted molar refractivity (Wildman–Crippen MR) is 101 cm³/mol. The van der Waals surface area contributed by atoms with Crippen molar-refractivity contribution >= 4 is 17.4 Å². The molecule has 1 saturated carbocycles. The maximum absolute atomic E-state index is 12.3. The Morgan fingerprint density at radius 3 is 2.62 bits per heavy atom. The Morgan fingerprint density at radius 2 is 1.88 bits per heavy atom. The van der Waals surface area contributed by atoms with Gasteiger partial charge in [-0.05, 0) is 37.1 Å². The molecular formula is C20H24N4O2. The zero-order valence-electron chi connectivity index (χ0n) is 14.9. The molecule has 1 aromatic carbocycles. The molecule has 2 heterocycles. The van der Waals surface area contributed by atoms with E-state index in [-0.39, 0.29) is 11.8 Å². The average Bonchev–Trinajstić information content (AvgIpc) is 3.24. The molecule has 6 heteroatoms. The lowest BCUT2D eigenvalue weighted by molar-refractivity contribution is -0.119. The Kier molecular flexibility index (Phi) is 5.11. The van der Waals surface area contributed by atoms with Crippen molar-refractivity contribution in [1.82, 2.24) is 10.2 Å². The van der Waals surface area contributed by atoms with Gasteiger partial charge >= 0.3 is 0 Å². The topological polar surface area (TPSA) is 67.4 Å². The third-order valence-corrected chi connectivity index (χ3v) is 5.14. The summed E-state index contributed by atoms with van der Waals surface area (Å²) in [6, 6.07) is 11.8. The first-order valence-electron chi connectivity index (χ1n) is 9.37. The zero-order valence-corrected chi connectivity index (χ0v) is 14.9. The van der Waals surface area contributed by atoms with Crippen LogP contribution in [0.5, 0.6) is 0 Å². The smallest absolute Gasteiger partial charge is 0.227 e. The average molecular weight is 352 g/mol. The van der Waals surface area contributed by atoms with E-state index in [2.05, 4.69) is 20.4 Å². The Labute approximate surface area is 153 Å². The fourth-order valence-electron chi connectivity index (χ4n) is 3.63. The molecular weight excluding hydrogens is 328 g/mol. The van der Waals surface area contributed by atoms with Crippen molar-refractivity contribution in [2.75, 3.05) is 36.5 Å². The van der Waals surface area contributed by atoms with Gasteiger partial charge in [-0.1, -0.05) is 25.0 Å². The molecule has 0 bridgehead atoms. The number of amides is 1. The van der Waals surface area contributed by atoms with Crippen molar-refractivity contribution in [3.8, 4) is 11.3 Å². The third-order valence-electron chi connectivity index (χ3n) is 5.14. The number of benzene rings is 1. The minimum Gasteiger partial charge on any atom is -0.378 e. The summed E-state index contributed by atoms with van der Waals surface area (Å²) < 4.78 is 5.37. The van der Waals surface area contributed by atoms with Gasteiger partial charge in [0.05, 0.1) is 18.9 Å². The highest BCUT2D eigenvalue weighted by Crippen LogP contribution is 2.27. The molecule has 0 unspecified atom stereocenters. The van der Waals surface area contributed by atoms with E-state index >= 15 is 0 Å². The van der Waals surface area contributed by atoms with Gasteiger partial charge in [-0.15, -0.1) is 10.2 Å². The van der Waals surface area contributed by atoms with Crippen LogP contribution in [0.25, 0.3) is 11.3 Å². The number of carbonyl (C=O) groups is 1. The van der Waals surface area contributed by atoms with E-state index in [4.69, 9.17) is 4.74 Å². The fraction of sp³-hybridized carbons (Fsp3) is 0.450. The molecule has 2 aliphatic rings. The zero-order chi connectivity index (χ0) is 17.8. The van der Waals surface area contributed by atoms with Gasteiger partial charge in [0.25, 0.3) is 0 Å². The molecule has 1 aliphatic heterocycles. The van der Waals surface area contributed by atoms with E-state index in [0.717, 1.165) is 74.7 Å². The maximum atomic E-state index is 12.3. The second-order valence-corrected chi connectivity index (χ2v) is 6.93. The number of hydrogen-bond acceptors (Lipinski definition) is 5. The number of nitrogens with one attached hydrogen (secondary N) is 1. The minimum absolute atomic E-state index is 0.133. The largest absolute Gasteiger partial charge is 0.378 e. The van der Waals surface area contributed by atoms with Crippen LogP contribution in [0.1, 0.15) is 25.7 Å². The van der Waals surface area contributed by atoms with Crippen molar-refractivity contribution < 1.29 is 9.53 Å². The highest BCUT2D eigenvalue weighted by atomic mass is 16.5. The van der Waals surface area contributed by atoms with Crippen LogP contribution in [0.2, 0.25) is 0 Å². The van der Waals surface area contributed by atoms with E-state index in [0.29, 0.717) is 0 Å². The molecule has 6 nitrogen and oxygen atoms in total. The molecule has 2 fully saturated rings. The molecule has 2 aromatic rings. The number of anilines is 2. The molecule has 0 radical (unpaired) electrons. The summed E-state index contributed by atoms with van der Waals surface area (Å²) in [5.41, 5.74) is 2.58. The first-order valence-corrected chi connectivity index (χ1v) is 9.37. The van der Waals surface area contributed by atoms with Crippen LogP contribution in [-0.2, 0) is 9.53 Å². The maximum Gasteiger partial charge on any atom is 0.227 e. The van der Waals surface area contributed by atoms with E-state index < -0.39 is 0 Å². The second kappa shape index (κ2) is 7.83. The van der Waals surface area contributed by atoms with E-state index in [1.807, 2.05) is 36.4 Å². The SMILES string of the molecule is O=C(Nc1cccc(-c2ccc(N3CCOCC3)nn2)c1)C1CCCC1. The Bertz CT molecular complexity index is 751. The summed E-state index contributed by atoms with van der Waals surface area (Å²) in [6.45, 7) is 3.14. The molecule has 26 heavy (non-hydrogen) atoms. The lowest BCUT2D eigenvalue weighted by Crippen LogP contribution is -2.36. The lowest BCUT2D eigenvalue weighted by atomic mass is 10.1. The minimum atomic E-state index is 0.133. The summed E-state index contributed by atoms with van der Waals surface area (Å²) in [7, 11) is 0. The van der Waals surface area contributed by atoms with Gasteiger partial charge in [-0.3, -0.25) is 4.79 Å². The Balaban J connectivity index is 1.46. The predicted octanol–water partition coefficient (Wildman–Crippen LogP) is 3.11. The highest BCUT2D eigenvalue weighted by Gasteiger charge is 2.22. The normalized spacial score (nSPS) is 18.1. The van der Waals surface area contributed by atoms with Gasteiger partial charge in [0.15, 0.2) is 5.82 Å². The summed E-state index contributed by atoms with van der Waals surface area (Å²) in [6.07, 6.45) is 4.31. The highest BCUT2D eigenvalue weighted by molar-refractivity contribution is 5.93. The van der Waals surface area contributed by atoms with Gasteiger partial charge in [0, 0.05) is 30.3 Å². The second-order valence-electron chi connectivity index (χ2n) is 6.93. The van der Waals surface area contributed by atoms with Crippen molar-refractivity contribution in [3.05, 3.63) is 36.4 Å². The Hall–Kier alpha value is -2.47. The van der Waals surface area contributed by atoms with E-state index in [9.17, 15) is 4.79 Å². The van der Waals surface area contributed by atoms with Gasteiger partial charge in [-0.25, -0.2) is 0 Å². The fourth-order valence-corrected chi connectivity index (χ4v) is 3.63. The number of aromatic nitrogens is 2. The number of carbonyl (C=O) groups excluding carboxylic acids is 1. The molecule has 1 aliphatic carbocycles. The molecule has 4 rings (SSSR count). The van der Waals surface area contributed by atoms with E-state index in [1.54, 1.807) is 0 Å². The van der Waals surface area contributed by atoms with Gasteiger partial charge in [0.2, 0.25) is 5.91 Å². The van der Waals surface area contributed by atoms with Crippen LogP contribution in [0.15, 0.2) is 36.4 Å². The molecule has 0 atom stereocenters.